The number of hydrogen-bond donors (Lipinski definition) is 0. The summed E-state index contributed by atoms with van der Waals surface area (Å²) >= 11 is 0. The van der Waals surface area contributed by atoms with Crippen molar-refractivity contribution in [3.8, 4) is 5.75 Å². The highest BCUT2D eigenvalue weighted by Crippen LogP contribution is 2.18. The Labute approximate surface area is 154 Å². The number of nitro groups is 1. The molecule has 0 unspecified atom stereocenters. The van der Waals surface area contributed by atoms with Crippen molar-refractivity contribution in [2.24, 2.45) is 0 Å². The van der Waals surface area contributed by atoms with Crippen molar-refractivity contribution in [3.05, 3.63) is 69.5 Å². The highest BCUT2D eigenvalue weighted by molar-refractivity contribution is 5.91. The van der Waals surface area contributed by atoms with E-state index in [1.54, 1.807) is 6.07 Å². The predicted molar refractivity (Wildman–Crippen MR) is 92.8 cm³/mol. The average molecular weight is 376 g/mol. The third kappa shape index (κ3) is 5.24. The SMILES string of the molecule is COc1ccc(CN(C)C(=O)COC(=O)c2cccc([N+](=O)[O-])c2)cc1F. The summed E-state index contributed by atoms with van der Waals surface area (Å²) in [6.45, 7) is -0.440. The topological polar surface area (TPSA) is 99.0 Å². The molecule has 27 heavy (non-hydrogen) atoms. The van der Waals surface area contributed by atoms with Crippen molar-refractivity contribution in [1.29, 1.82) is 0 Å². The molecule has 0 aliphatic rings. The van der Waals surface area contributed by atoms with Gasteiger partial charge in [0.1, 0.15) is 0 Å². The number of nitrogens with zero attached hydrogens (tertiary/aromatic N) is 2. The number of rotatable bonds is 7. The Morgan fingerprint density at radius 3 is 2.59 bits per heavy atom. The van der Waals surface area contributed by atoms with Crippen molar-refractivity contribution >= 4 is 17.6 Å². The Kier molecular flexibility index (Phi) is 6.42. The van der Waals surface area contributed by atoms with Crippen LogP contribution in [-0.4, -0.2) is 42.5 Å². The van der Waals surface area contributed by atoms with Gasteiger partial charge in [-0.3, -0.25) is 14.9 Å². The third-order valence-corrected chi connectivity index (χ3v) is 3.68. The first-order chi connectivity index (χ1) is 12.8. The molecule has 2 rings (SSSR count). The predicted octanol–water partition coefficient (Wildman–Crippen LogP) is 2.56. The summed E-state index contributed by atoms with van der Waals surface area (Å²) in [5.41, 5.74) is 0.250. The molecule has 0 N–H and O–H groups in total. The number of carbonyl (C=O) groups is 2. The number of hydrogen-bond acceptors (Lipinski definition) is 6. The quantitative estimate of drug-likeness (QED) is 0.418. The number of likely N-dealkylation sites (N-methyl/N-ethyl adjacent to an activating group) is 1. The largest absolute Gasteiger partial charge is 0.494 e. The number of non-ortho nitro benzene ring substituents is 1. The van der Waals surface area contributed by atoms with Gasteiger partial charge in [-0.05, 0) is 23.8 Å². The Hall–Kier alpha value is -3.49. The maximum atomic E-state index is 13.7. The second kappa shape index (κ2) is 8.75. The second-order valence-corrected chi connectivity index (χ2v) is 5.60. The summed E-state index contributed by atoms with van der Waals surface area (Å²) < 4.78 is 23.4. The summed E-state index contributed by atoms with van der Waals surface area (Å²) in [6, 6.07) is 9.31. The Morgan fingerprint density at radius 1 is 1.22 bits per heavy atom. The van der Waals surface area contributed by atoms with Gasteiger partial charge in [0.05, 0.1) is 17.6 Å². The van der Waals surface area contributed by atoms with Crippen molar-refractivity contribution in [1.82, 2.24) is 4.90 Å². The van der Waals surface area contributed by atoms with Crippen molar-refractivity contribution in [2.75, 3.05) is 20.8 Å². The van der Waals surface area contributed by atoms with Gasteiger partial charge in [0.2, 0.25) is 0 Å². The van der Waals surface area contributed by atoms with Gasteiger partial charge in [0, 0.05) is 25.7 Å². The lowest BCUT2D eigenvalue weighted by Gasteiger charge is -2.17. The molecule has 142 valence electrons. The number of nitro benzene ring substituents is 1. The first-order valence-corrected chi connectivity index (χ1v) is 7.79. The fourth-order valence-corrected chi connectivity index (χ4v) is 2.24. The number of amides is 1. The van der Waals surface area contributed by atoms with Crippen LogP contribution in [0.1, 0.15) is 15.9 Å². The van der Waals surface area contributed by atoms with Gasteiger partial charge in [0.15, 0.2) is 18.2 Å². The Morgan fingerprint density at radius 2 is 1.96 bits per heavy atom. The van der Waals surface area contributed by atoms with Crippen LogP contribution >= 0.6 is 0 Å². The van der Waals surface area contributed by atoms with Gasteiger partial charge in [-0.25, -0.2) is 9.18 Å². The fraction of sp³-hybridized carbons (Fsp3) is 0.222. The summed E-state index contributed by atoms with van der Waals surface area (Å²) in [7, 11) is 2.83. The van der Waals surface area contributed by atoms with Gasteiger partial charge in [0.25, 0.3) is 11.6 Å². The Balaban J connectivity index is 1.92. The molecule has 0 spiro atoms. The normalized spacial score (nSPS) is 10.2. The van der Waals surface area contributed by atoms with E-state index in [0.29, 0.717) is 5.56 Å². The average Bonchev–Trinajstić information content (AvgIpc) is 2.66. The standard InChI is InChI=1S/C18H17FN2O6/c1-20(10-12-6-7-16(26-2)15(19)8-12)17(22)11-27-18(23)13-4-3-5-14(9-13)21(24)25/h3-9H,10-11H2,1-2H3. The smallest absolute Gasteiger partial charge is 0.338 e. The molecule has 2 aromatic rings. The minimum Gasteiger partial charge on any atom is -0.494 e. The van der Waals surface area contributed by atoms with E-state index < -0.39 is 29.2 Å². The van der Waals surface area contributed by atoms with Crippen molar-refractivity contribution in [2.45, 2.75) is 6.54 Å². The monoisotopic (exact) mass is 376 g/mol. The minimum absolute atomic E-state index is 0.0307. The minimum atomic E-state index is -0.851. The third-order valence-electron chi connectivity index (χ3n) is 3.68. The summed E-state index contributed by atoms with van der Waals surface area (Å²) in [6.07, 6.45) is 0. The molecule has 0 fully saturated rings. The van der Waals surface area contributed by atoms with Crippen LogP contribution in [0.3, 0.4) is 0 Å². The van der Waals surface area contributed by atoms with Gasteiger partial charge < -0.3 is 14.4 Å². The van der Waals surface area contributed by atoms with Crippen LogP contribution < -0.4 is 4.74 Å². The zero-order chi connectivity index (χ0) is 20.0. The number of esters is 1. The lowest BCUT2D eigenvalue weighted by molar-refractivity contribution is -0.384. The lowest BCUT2D eigenvalue weighted by atomic mass is 10.2. The molecule has 0 atom stereocenters. The summed E-state index contributed by atoms with van der Waals surface area (Å²) in [4.78, 5) is 35.4. The molecule has 0 aliphatic carbocycles. The molecule has 0 aromatic heterocycles. The number of ether oxygens (including phenoxy) is 2. The first-order valence-electron chi connectivity index (χ1n) is 7.79. The molecule has 0 saturated carbocycles. The van der Waals surface area contributed by atoms with Crippen molar-refractivity contribution in [3.63, 3.8) is 0 Å². The van der Waals surface area contributed by atoms with E-state index in [0.717, 1.165) is 6.07 Å². The zero-order valence-corrected chi connectivity index (χ0v) is 14.7. The Bertz CT molecular complexity index is 871. The first kappa shape index (κ1) is 19.8. The van der Waals surface area contributed by atoms with Crippen molar-refractivity contribution < 1.29 is 28.4 Å². The second-order valence-electron chi connectivity index (χ2n) is 5.60. The molecule has 0 saturated heterocycles. The van der Waals surface area contributed by atoms with Crippen LogP contribution in [0.2, 0.25) is 0 Å². The summed E-state index contributed by atoms with van der Waals surface area (Å²) in [5.74, 6) is -1.81. The number of benzene rings is 2. The van der Waals surface area contributed by atoms with Crippen LogP contribution in [-0.2, 0) is 16.1 Å². The van der Waals surface area contributed by atoms with E-state index in [1.807, 2.05) is 0 Å². The zero-order valence-electron chi connectivity index (χ0n) is 14.7. The maximum Gasteiger partial charge on any atom is 0.338 e. The van der Waals surface area contributed by atoms with E-state index in [-0.39, 0.29) is 23.5 Å². The van der Waals surface area contributed by atoms with Crippen LogP contribution in [0.25, 0.3) is 0 Å². The number of carbonyl (C=O) groups excluding carboxylic acids is 2. The van der Waals surface area contributed by atoms with Gasteiger partial charge >= 0.3 is 5.97 Å². The van der Waals surface area contributed by atoms with Crippen LogP contribution in [0.5, 0.6) is 5.75 Å². The lowest BCUT2D eigenvalue weighted by Crippen LogP contribution is -2.30. The van der Waals surface area contributed by atoms with Gasteiger partial charge in [-0.1, -0.05) is 12.1 Å². The van der Waals surface area contributed by atoms with E-state index in [9.17, 15) is 24.1 Å². The van der Waals surface area contributed by atoms with E-state index in [4.69, 9.17) is 9.47 Å². The highest BCUT2D eigenvalue weighted by Gasteiger charge is 2.16. The molecule has 1 amide bonds. The molecule has 0 aliphatic heterocycles. The highest BCUT2D eigenvalue weighted by atomic mass is 19.1. The number of methoxy groups -OCH3 is 1. The van der Waals surface area contributed by atoms with E-state index in [2.05, 4.69) is 0 Å². The van der Waals surface area contributed by atoms with Crippen LogP contribution in [0.4, 0.5) is 10.1 Å². The van der Waals surface area contributed by atoms with Crippen LogP contribution in [0.15, 0.2) is 42.5 Å². The molecular weight excluding hydrogens is 359 g/mol. The molecule has 0 bridgehead atoms. The van der Waals surface area contributed by atoms with Crippen LogP contribution in [0, 0.1) is 15.9 Å². The maximum absolute atomic E-state index is 13.7. The molecule has 8 nitrogen and oxygen atoms in total. The van der Waals surface area contributed by atoms with E-state index in [1.165, 1.54) is 49.4 Å². The molecule has 0 radical (unpaired) electrons. The van der Waals surface area contributed by atoms with E-state index >= 15 is 0 Å². The molecule has 9 heteroatoms. The molecular formula is C18H17FN2O6. The molecule has 2 aromatic carbocycles. The summed E-state index contributed by atoms with van der Waals surface area (Å²) in [5, 5.41) is 10.7. The fourth-order valence-electron chi connectivity index (χ4n) is 2.24. The molecule has 0 heterocycles. The number of halogens is 1. The van der Waals surface area contributed by atoms with Gasteiger partial charge in [-0.15, -0.1) is 0 Å². The van der Waals surface area contributed by atoms with Gasteiger partial charge in [-0.2, -0.15) is 0 Å².